The molecule has 0 spiro atoms. The van der Waals surface area contributed by atoms with Crippen molar-refractivity contribution in [2.75, 3.05) is 20.8 Å². The molecule has 5 rings (SSSR count). The fourth-order valence-corrected chi connectivity index (χ4v) is 5.74. The van der Waals surface area contributed by atoms with Crippen LogP contribution in [0.25, 0.3) is 11.3 Å². The van der Waals surface area contributed by atoms with Crippen molar-refractivity contribution in [1.29, 1.82) is 0 Å². The smallest absolute Gasteiger partial charge is 0.275 e. The zero-order valence-corrected chi connectivity index (χ0v) is 18.5. The second kappa shape index (κ2) is 7.16. The van der Waals surface area contributed by atoms with Crippen LogP contribution in [0.15, 0.2) is 23.6 Å². The van der Waals surface area contributed by atoms with Gasteiger partial charge in [-0.05, 0) is 60.9 Å². The van der Waals surface area contributed by atoms with E-state index in [1.54, 1.807) is 25.6 Å². The molecule has 0 unspecified atom stereocenters. The summed E-state index contributed by atoms with van der Waals surface area (Å²) in [7, 11) is 5.23. The summed E-state index contributed by atoms with van der Waals surface area (Å²) in [6.07, 6.45) is 2.62. The Bertz CT molecular complexity index is 1150. The molecule has 1 aromatic carbocycles. The molecule has 156 valence electrons. The van der Waals surface area contributed by atoms with Crippen LogP contribution in [0, 0.1) is 0 Å². The maximum Gasteiger partial charge on any atom is 0.275 e. The Labute approximate surface area is 180 Å². The number of benzene rings is 1. The summed E-state index contributed by atoms with van der Waals surface area (Å²) in [6.45, 7) is 2.74. The molecular weight excluding hydrogens is 398 g/mol. The zero-order chi connectivity index (χ0) is 21.0. The Kier molecular flexibility index (Phi) is 4.58. The van der Waals surface area contributed by atoms with E-state index in [1.807, 2.05) is 28.8 Å². The van der Waals surface area contributed by atoms with Gasteiger partial charge in [-0.3, -0.25) is 9.48 Å². The molecule has 0 saturated heterocycles. The van der Waals surface area contributed by atoms with Crippen LogP contribution in [0.3, 0.4) is 0 Å². The quantitative estimate of drug-likeness (QED) is 0.638. The minimum Gasteiger partial charge on any atom is -0.493 e. The van der Waals surface area contributed by atoms with Crippen LogP contribution in [0.1, 0.15) is 45.0 Å². The summed E-state index contributed by atoms with van der Waals surface area (Å²) in [5.74, 6) is 1.43. The van der Waals surface area contributed by atoms with Gasteiger partial charge in [0.15, 0.2) is 17.2 Å². The average Bonchev–Trinajstić information content (AvgIpc) is 3.36. The number of aromatic nitrogens is 2. The van der Waals surface area contributed by atoms with E-state index in [9.17, 15) is 4.79 Å². The maximum atomic E-state index is 13.6. The van der Waals surface area contributed by atoms with Crippen LogP contribution in [-0.2, 0) is 26.3 Å². The first-order valence-electron chi connectivity index (χ1n) is 10.2. The van der Waals surface area contributed by atoms with E-state index in [0.717, 1.165) is 41.8 Å². The van der Waals surface area contributed by atoms with Gasteiger partial charge in [-0.25, -0.2) is 0 Å². The first-order chi connectivity index (χ1) is 14.5. The lowest BCUT2D eigenvalue weighted by atomic mass is 9.91. The number of ether oxygens (including phenoxy) is 2. The standard InChI is InChI=1S/C23H25N3O3S/c1-13-17-12-19(29-4)18(28-3)11-14(17)7-9-26(13)23(27)21-16-5-6-20-15(8-10-30-20)22(16)25(2)24-21/h8,10-13H,5-7,9H2,1-4H3/t13-/m1/s1. The third-order valence-corrected chi connectivity index (χ3v) is 7.38. The van der Waals surface area contributed by atoms with Crippen LogP contribution < -0.4 is 9.47 Å². The number of amides is 1. The summed E-state index contributed by atoms with van der Waals surface area (Å²) in [6, 6.07) is 6.13. The van der Waals surface area contributed by atoms with Crippen molar-refractivity contribution < 1.29 is 14.3 Å². The Morgan fingerprint density at radius 3 is 2.70 bits per heavy atom. The van der Waals surface area contributed by atoms with Gasteiger partial charge in [0, 0.05) is 29.6 Å². The summed E-state index contributed by atoms with van der Waals surface area (Å²) in [5.41, 5.74) is 6.31. The molecule has 0 N–H and O–H groups in total. The van der Waals surface area contributed by atoms with E-state index in [0.29, 0.717) is 18.0 Å². The molecule has 3 heterocycles. The largest absolute Gasteiger partial charge is 0.493 e. The Morgan fingerprint density at radius 1 is 1.17 bits per heavy atom. The van der Waals surface area contributed by atoms with Crippen molar-refractivity contribution >= 4 is 17.2 Å². The highest BCUT2D eigenvalue weighted by Gasteiger charge is 2.34. The number of rotatable bonds is 3. The average molecular weight is 424 g/mol. The number of hydrogen-bond donors (Lipinski definition) is 0. The molecule has 0 saturated carbocycles. The van der Waals surface area contributed by atoms with Gasteiger partial charge in [0.05, 0.1) is 26.0 Å². The van der Waals surface area contributed by atoms with Crippen LogP contribution in [-0.4, -0.2) is 41.4 Å². The number of aryl methyl sites for hydroxylation is 2. The van der Waals surface area contributed by atoms with E-state index in [1.165, 1.54) is 16.0 Å². The van der Waals surface area contributed by atoms with Gasteiger partial charge in [-0.1, -0.05) is 0 Å². The monoisotopic (exact) mass is 423 g/mol. The van der Waals surface area contributed by atoms with Gasteiger partial charge in [-0.2, -0.15) is 5.10 Å². The summed E-state index contributed by atoms with van der Waals surface area (Å²) in [4.78, 5) is 17.0. The maximum absolute atomic E-state index is 13.6. The van der Waals surface area contributed by atoms with E-state index in [4.69, 9.17) is 9.47 Å². The third kappa shape index (κ3) is 2.75. The molecule has 1 amide bonds. The molecule has 0 radical (unpaired) electrons. The molecular formula is C23H25N3O3S. The van der Waals surface area contributed by atoms with Crippen molar-refractivity contribution in [1.82, 2.24) is 14.7 Å². The molecule has 30 heavy (non-hydrogen) atoms. The van der Waals surface area contributed by atoms with Gasteiger partial charge in [-0.15, -0.1) is 11.3 Å². The van der Waals surface area contributed by atoms with Crippen molar-refractivity contribution in [3.05, 3.63) is 50.8 Å². The molecule has 1 aliphatic heterocycles. The predicted octanol–water partition coefficient (Wildman–Crippen LogP) is 4.02. The molecule has 2 aliphatic rings. The molecule has 1 aliphatic carbocycles. The van der Waals surface area contributed by atoms with Crippen molar-refractivity contribution in [2.45, 2.75) is 32.2 Å². The van der Waals surface area contributed by atoms with Crippen LogP contribution >= 0.6 is 11.3 Å². The fourth-order valence-electron chi connectivity index (χ4n) is 4.86. The fraction of sp³-hybridized carbons (Fsp3) is 0.391. The van der Waals surface area contributed by atoms with Gasteiger partial charge in [0.25, 0.3) is 5.91 Å². The number of methoxy groups -OCH3 is 2. The number of carbonyl (C=O) groups excluding carboxylic acids is 1. The van der Waals surface area contributed by atoms with E-state index in [2.05, 4.69) is 23.5 Å². The van der Waals surface area contributed by atoms with Crippen LogP contribution in [0.4, 0.5) is 0 Å². The van der Waals surface area contributed by atoms with Crippen molar-refractivity contribution in [2.24, 2.45) is 7.05 Å². The minimum absolute atomic E-state index is 0.0125. The van der Waals surface area contributed by atoms with Gasteiger partial charge in [0.2, 0.25) is 0 Å². The number of fused-ring (bicyclic) bond motifs is 4. The van der Waals surface area contributed by atoms with E-state index < -0.39 is 0 Å². The summed E-state index contributed by atoms with van der Waals surface area (Å²) in [5, 5.41) is 6.81. The highest BCUT2D eigenvalue weighted by molar-refractivity contribution is 7.10. The Morgan fingerprint density at radius 2 is 1.93 bits per heavy atom. The summed E-state index contributed by atoms with van der Waals surface area (Å²) < 4.78 is 12.8. The molecule has 0 fully saturated rings. The van der Waals surface area contributed by atoms with Gasteiger partial charge in [0.1, 0.15) is 0 Å². The molecule has 1 atom stereocenters. The highest BCUT2D eigenvalue weighted by Crippen LogP contribution is 2.41. The summed E-state index contributed by atoms with van der Waals surface area (Å²) >= 11 is 1.78. The highest BCUT2D eigenvalue weighted by atomic mass is 32.1. The molecule has 2 aromatic heterocycles. The second-order valence-corrected chi connectivity index (χ2v) is 8.89. The Balaban J connectivity index is 1.51. The first-order valence-corrected chi connectivity index (χ1v) is 11.1. The van der Waals surface area contributed by atoms with Crippen molar-refractivity contribution in [3.8, 4) is 22.8 Å². The van der Waals surface area contributed by atoms with Gasteiger partial charge >= 0.3 is 0 Å². The molecule has 3 aromatic rings. The number of thiophene rings is 1. The zero-order valence-electron chi connectivity index (χ0n) is 17.7. The third-order valence-electron chi connectivity index (χ3n) is 6.40. The first kappa shape index (κ1) is 19.2. The topological polar surface area (TPSA) is 56.6 Å². The predicted molar refractivity (Wildman–Crippen MR) is 117 cm³/mol. The Hall–Kier alpha value is -2.80. The molecule has 6 nitrogen and oxygen atoms in total. The lowest BCUT2D eigenvalue weighted by molar-refractivity contribution is 0.0669. The second-order valence-electron chi connectivity index (χ2n) is 7.89. The number of hydrogen-bond acceptors (Lipinski definition) is 5. The SMILES string of the molecule is COc1cc2c(cc1OC)[C@@H](C)N(C(=O)c1nn(C)c3c1CCc1sccc1-3)CC2. The number of carbonyl (C=O) groups is 1. The van der Waals surface area contributed by atoms with E-state index in [-0.39, 0.29) is 11.9 Å². The van der Waals surface area contributed by atoms with Crippen LogP contribution in [0.2, 0.25) is 0 Å². The van der Waals surface area contributed by atoms with Crippen molar-refractivity contribution in [3.63, 3.8) is 0 Å². The van der Waals surface area contributed by atoms with E-state index >= 15 is 0 Å². The molecule has 7 heteroatoms. The minimum atomic E-state index is -0.0565. The van der Waals surface area contributed by atoms with Gasteiger partial charge < -0.3 is 14.4 Å². The number of nitrogens with zero attached hydrogens (tertiary/aromatic N) is 3. The molecule has 0 bridgehead atoms. The van der Waals surface area contributed by atoms with Crippen LogP contribution in [0.5, 0.6) is 11.5 Å². The lowest BCUT2D eigenvalue weighted by Gasteiger charge is -2.35. The lowest BCUT2D eigenvalue weighted by Crippen LogP contribution is -2.39. The normalized spacial score (nSPS) is 17.2.